The number of pyridine rings is 1. The van der Waals surface area contributed by atoms with Crippen molar-refractivity contribution in [3.8, 4) is 11.3 Å². The minimum absolute atomic E-state index is 0.294. The van der Waals surface area contributed by atoms with E-state index in [-0.39, 0.29) is 0 Å². The summed E-state index contributed by atoms with van der Waals surface area (Å²) < 4.78 is 5.24. The van der Waals surface area contributed by atoms with Crippen LogP contribution in [0, 0.1) is 0 Å². The van der Waals surface area contributed by atoms with Crippen LogP contribution in [0.2, 0.25) is 0 Å². The lowest BCUT2D eigenvalue weighted by Gasteiger charge is -2.21. The molecule has 0 atom stereocenters. The Balaban J connectivity index is 0.00000151. The van der Waals surface area contributed by atoms with E-state index in [1.165, 1.54) is 12.3 Å². The quantitative estimate of drug-likeness (QED) is 0.582. The Morgan fingerprint density at radius 1 is 1.28 bits per heavy atom. The highest BCUT2D eigenvalue weighted by Gasteiger charge is 2.20. The number of aldehydes is 1. The van der Waals surface area contributed by atoms with E-state index < -0.39 is 11.7 Å². The van der Waals surface area contributed by atoms with Gasteiger partial charge in [-0.3, -0.25) is 15.1 Å². The summed E-state index contributed by atoms with van der Waals surface area (Å²) in [6, 6.07) is 8.56. The van der Waals surface area contributed by atoms with Gasteiger partial charge in [-0.05, 0) is 39.0 Å². The number of nitrogens with two attached hydrogens (primary N) is 1. The highest BCUT2D eigenvalue weighted by molar-refractivity contribution is 5.98. The average molecular weight is 345 g/mol. The first-order valence-electron chi connectivity index (χ1n) is 7.55. The van der Waals surface area contributed by atoms with Crippen LogP contribution in [0.25, 0.3) is 11.3 Å². The minimum Gasteiger partial charge on any atom is -0.444 e. The molecular formula is C18H23N3O4. The number of aromatic nitrogens is 1. The van der Waals surface area contributed by atoms with Crippen molar-refractivity contribution in [1.29, 1.82) is 0 Å². The highest BCUT2D eigenvalue weighted by Crippen LogP contribution is 2.29. The van der Waals surface area contributed by atoms with Gasteiger partial charge in [-0.1, -0.05) is 12.1 Å². The molecule has 134 valence electrons. The molecule has 0 radical (unpaired) electrons. The van der Waals surface area contributed by atoms with Crippen molar-refractivity contribution in [2.24, 2.45) is 0 Å². The molecule has 7 heteroatoms. The Morgan fingerprint density at radius 3 is 2.52 bits per heavy atom. The predicted octanol–water partition coefficient (Wildman–Crippen LogP) is 3.10. The molecule has 1 aromatic carbocycles. The summed E-state index contributed by atoms with van der Waals surface area (Å²) in [7, 11) is 1.00. The van der Waals surface area contributed by atoms with Gasteiger partial charge in [-0.25, -0.2) is 4.79 Å². The van der Waals surface area contributed by atoms with E-state index in [0.717, 1.165) is 7.11 Å². The molecule has 4 N–H and O–H groups in total. The molecule has 1 heterocycles. The van der Waals surface area contributed by atoms with Gasteiger partial charge in [0.2, 0.25) is 0 Å². The van der Waals surface area contributed by atoms with Gasteiger partial charge >= 0.3 is 6.09 Å². The van der Waals surface area contributed by atoms with Gasteiger partial charge < -0.3 is 15.6 Å². The van der Waals surface area contributed by atoms with Gasteiger partial charge in [0.05, 0.1) is 11.4 Å². The number of carbonyl (C=O) groups excluding carboxylic acids is 2. The van der Waals surface area contributed by atoms with Crippen molar-refractivity contribution >= 4 is 23.8 Å². The Bertz CT molecular complexity index is 739. The smallest absolute Gasteiger partial charge is 0.412 e. The van der Waals surface area contributed by atoms with Crippen molar-refractivity contribution in [1.82, 2.24) is 4.98 Å². The summed E-state index contributed by atoms with van der Waals surface area (Å²) in [4.78, 5) is 27.6. The first-order chi connectivity index (χ1) is 11.8. The zero-order valence-corrected chi connectivity index (χ0v) is 14.7. The van der Waals surface area contributed by atoms with Crippen molar-refractivity contribution in [2.75, 3.05) is 18.2 Å². The largest absolute Gasteiger partial charge is 0.444 e. The van der Waals surface area contributed by atoms with Crippen LogP contribution >= 0.6 is 0 Å². The zero-order valence-electron chi connectivity index (χ0n) is 14.7. The topological polar surface area (TPSA) is 115 Å². The lowest BCUT2D eigenvalue weighted by molar-refractivity contribution is 0.0636. The maximum atomic E-state index is 12.0. The number of carbonyl (C=O) groups is 2. The number of aliphatic hydroxyl groups excluding tert-OH is 1. The van der Waals surface area contributed by atoms with E-state index in [4.69, 9.17) is 15.6 Å². The summed E-state index contributed by atoms with van der Waals surface area (Å²) in [6.07, 6.45) is 1.51. The number of ether oxygens (including phenoxy) is 1. The molecule has 7 nitrogen and oxygen atoms in total. The molecule has 0 aliphatic heterocycles. The summed E-state index contributed by atoms with van der Waals surface area (Å²) >= 11 is 0. The van der Waals surface area contributed by atoms with Gasteiger partial charge in [0.25, 0.3) is 0 Å². The highest BCUT2D eigenvalue weighted by atomic mass is 16.6. The molecule has 2 rings (SSSR count). The molecule has 0 bridgehead atoms. The molecule has 1 aromatic heterocycles. The maximum Gasteiger partial charge on any atom is 0.412 e. The minimum atomic E-state index is -0.654. The molecule has 25 heavy (non-hydrogen) atoms. The van der Waals surface area contributed by atoms with Crippen LogP contribution < -0.4 is 11.1 Å². The van der Waals surface area contributed by atoms with Crippen LogP contribution in [0.1, 0.15) is 31.1 Å². The van der Waals surface area contributed by atoms with Crippen molar-refractivity contribution in [3.05, 3.63) is 42.1 Å². The lowest BCUT2D eigenvalue weighted by Crippen LogP contribution is -2.27. The maximum absolute atomic E-state index is 12.0. The number of rotatable bonds is 3. The second-order valence-electron chi connectivity index (χ2n) is 5.99. The van der Waals surface area contributed by atoms with Crippen LogP contribution in [-0.2, 0) is 4.74 Å². The molecule has 0 unspecified atom stereocenters. The Morgan fingerprint density at radius 2 is 1.96 bits per heavy atom. The number of aliphatic hydroxyl groups is 1. The molecule has 0 spiro atoms. The summed E-state index contributed by atoms with van der Waals surface area (Å²) in [5.74, 6) is 0. The van der Waals surface area contributed by atoms with E-state index in [2.05, 4.69) is 10.3 Å². The second-order valence-corrected chi connectivity index (χ2v) is 5.99. The molecule has 1 amide bonds. The van der Waals surface area contributed by atoms with E-state index in [0.29, 0.717) is 34.5 Å². The summed E-state index contributed by atoms with van der Waals surface area (Å²) in [5.41, 5.74) is 7.45. The number of benzene rings is 1. The second kappa shape index (κ2) is 8.79. The molecule has 0 aliphatic rings. The molecule has 0 saturated heterocycles. The van der Waals surface area contributed by atoms with Gasteiger partial charge in [-0.2, -0.15) is 0 Å². The predicted molar refractivity (Wildman–Crippen MR) is 97.5 cm³/mol. The van der Waals surface area contributed by atoms with E-state index in [1.54, 1.807) is 45.0 Å². The van der Waals surface area contributed by atoms with Gasteiger partial charge in [0.15, 0.2) is 6.29 Å². The third-order valence-electron chi connectivity index (χ3n) is 2.90. The first-order valence-corrected chi connectivity index (χ1v) is 7.55. The number of amides is 1. The van der Waals surface area contributed by atoms with Crippen LogP contribution in [-0.4, -0.2) is 35.2 Å². The van der Waals surface area contributed by atoms with Gasteiger partial charge in [0, 0.05) is 30.1 Å². The normalized spacial score (nSPS) is 10.3. The van der Waals surface area contributed by atoms with E-state index >= 15 is 0 Å². The third kappa shape index (κ3) is 5.89. The van der Waals surface area contributed by atoms with Crippen LogP contribution in [0.3, 0.4) is 0 Å². The van der Waals surface area contributed by atoms with E-state index in [1.807, 2.05) is 0 Å². The summed E-state index contributed by atoms with van der Waals surface area (Å²) in [5, 5.41) is 9.61. The number of hydrogen-bond donors (Lipinski definition) is 3. The van der Waals surface area contributed by atoms with Crippen molar-refractivity contribution in [2.45, 2.75) is 26.4 Å². The molecular weight excluding hydrogens is 322 g/mol. The Hall–Kier alpha value is -2.93. The monoisotopic (exact) mass is 345 g/mol. The fourth-order valence-corrected chi connectivity index (χ4v) is 2.02. The average Bonchev–Trinajstić information content (AvgIpc) is 2.55. The lowest BCUT2D eigenvalue weighted by atomic mass is 10.1. The van der Waals surface area contributed by atoms with Crippen molar-refractivity contribution < 1.29 is 19.4 Å². The fourth-order valence-electron chi connectivity index (χ4n) is 2.02. The number of nitrogens with one attached hydrogen (secondary N) is 1. The van der Waals surface area contributed by atoms with Crippen LogP contribution in [0.5, 0.6) is 0 Å². The number of anilines is 2. The standard InChI is InChI=1S/C17H19N3O3.CH4O/c1-17(2,3)23-16(22)20-15-12(10-21)7-8-19-14(15)11-5-4-6-13(18)9-11;1-2/h4-10H,18H2,1-3H3,(H,20,22);2H,1H3. The fraction of sp³-hybridized carbons (Fsp3) is 0.278. The Labute approximate surface area is 146 Å². The third-order valence-corrected chi connectivity index (χ3v) is 2.90. The molecule has 0 aliphatic carbocycles. The number of hydrogen-bond acceptors (Lipinski definition) is 6. The van der Waals surface area contributed by atoms with Gasteiger partial charge in [-0.15, -0.1) is 0 Å². The zero-order chi connectivity index (χ0) is 19.0. The first kappa shape index (κ1) is 20.1. The molecule has 0 saturated carbocycles. The number of nitrogen functional groups attached to an aromatic ring is 1. The Kier molecular flexibility index (Phi) is 7.07. The summed E-state index contributed by atoms with van der Waals surface area (Å²) in [6.45, 7) is 5.28. The molecule has 0 fully saturated rings. The van der Waals surface area contributed by atoms with Crippen LogP contribution in [0.4, 0.5) is 16.2 Å². The van der Waals surface area contributed by atoms with E-state index in [9.17, 15) is 9.59 Å². The van der Waals surface area contributed by atoms with Crippen molar-refractivity contribution in [3.63, 3.8) is 0 Å². The van der Waals surface area contributed by atoms with Crippen LogP contribution in [0.15, 0.2) is 36.5 Å². The SMILES string of the molecule is CC(C)(C)OC(=O)Nc1c(C=O)ccnc1-c1cccc(N)c1.CO. The number of nitrogens with zero attached hydrogens (tertiary/aromatic N) is 1. The molecule has 2 aromatic rings. The van der Waals surface area contributed by atoms with Gasteiger partial charge in [0.1, 0.15) is 5.60 Å².